The van der Waals surface area contributed by atoms with Gasteiger partial charge < -0.3 is 30.7 Å². The Morgan fingerprint density at radius 3 is 2.74 bits per heavy atom. The number of hydrogen-bond donors (Lipinski definition) is 4. The molecule has 7 nitrogen and oxygen atoms in total. The van der Waals surface area contributed by atoms with E-state index in [2.05, 4.69) is 4.99 Å². The van der Waals surface area contributed by atoms with Gasteiger partial charge in [0.05, 0.1) is 6.61 Å². The van der Waals surface area contributed by atoms with Crippen molar-refractivity contribution in [1.82, 2.24) is 4.90 Å². The monoisotopic (exact) mass is 387 g/mol. The predicted octanol–water partition coefficient (Wildman–Crippen LogP) is -1.33. The Bertz CT molecular complexity index is 404. The van der Waals surface area contributed by atoms with E-state index in [0.29, 0.717) is 0 Å². The third-order valence-corrected chi connectivity index (χ3v) is 4.50. The van der Waals surface area contributed by atoms with Gasteiger partial charge in [-0.2, -0.15) is 0 Å². The summed E-state index contributed by atoms with van der Waals surface area (Å²) in [5.41, 5.74) is 4.02. The van der Waals surface area contributed by atoms with Crippen molar-refractivity contribution < 1.29 is 24.4 Å². The van der Waals surface area contributed by atoms with Crippen LogP contribution in [0.15, 0.2) is 17.3 Å². The normalized spacial score (nSPS) is 42.6. The molecule has 2 aliphatic rings. The number of aliphatic imine (C=N–C) groups is 1. The molecule has 5 atom stereocenters. The van der Waals surface area contributed by atoms with Crippen LogP contribution in [0, 0.1) is 0 Å². The maximum atomic E-state index is 14.1. The minimum absolute atomic E-state index is 0.111. The van der Waals surface area contributed by atoms with E-state index in [1.165, 1.54) is 12.3 Å². The lowest BCUT2D eigenvalue weighted by Gasteiger charge is -2.33. The first-order chi connectivity index (χ1) is 8.95. The molecule has 0 aromatic heterocycles. The number of nitrogens with two attached hydrogens (primary N) is 1. The summed E-state index contributed by atoms with van der Waals surface area (Å²) in [6, 6.07) is 0. The lowest BCUT2D eigenvalue weighted by atomic mass is 9.99. The van der Waals surface area contributed by atoms with Crippen molar-refractivity contribution in [1.29, 1.82) is 0 Å². The molecule has 0 aromatic carbocycles. The van der Waals surface area contributed by atoms with Crippen molar-refractivity contribution in [3.8, 4) is 0 Å². The highest BCUT2D eigenvalue weighted by molar-refractivity contribution is 14.1. The zero-order valence-corrected chi connectivity index (χ0v) is 12.0. The molecule has 2 aliphatic heterocycles. The van der Waals surface area contributed by atoms with Gasteiger partial charge in [-0.15, -0.1) is 0 Å². The van der Waals surface area contributed by atoms with Gasteiger partial charge in [0.15, 0.2) is 12.4 Å². The van der Waals surface area contributed by atoms with Crippen LogP contribution in [0.25, 0.3) is 0 Å². The van der Waals surface area contributed by atoms with E-state index in [0.717, 1.165) is 4.90 Å². The lowest BCUT2D eigenvalue weighted by Crippen LogP contribution is -2.47. The number of rotatable bonds is 3. The van der Waals surface area contributed by atoms with Crippen LogP contribution in [-0.4, -0.2) is 67.5 Å². The highest BCUT2D eigenvalue weighted by Gasteiger charge is 2.56. The maximum Gasteiger partial charge on any atom is 0.229 e. The highest BCUT2D eigenvalue weighted by atomic mass is 127. The Labute approximate surface area is 122 Å². The molecule has 1 unspecified atom stereocenters. The van der Waals surface area contributed by atoms with Gasteiger partial charge in [-0.05, 0) is 6.08 Å². The third kappa shape index (κ3) is 2.44. The molecule has 0 saturated carbocycles. The second-order valence-corrected chi connectivity index (χ2v) is 5.18. The van der Waals surface area contributed by atoms with Crippen LogP contribution >= 0.6 is 22.6 Å². The molecule has 9 heteroatoms. The van der Waals surface area contributed by atoms with E-state index in [1.54, 1.807) is 0 Å². The zero-order valence-electron chi connectivity index (χ0n) is 9.86. The van der Waals surface area contributed by atoms with Gasteiger partial charge in [0.25, 0.3) is 0 Å². The molecule has 0 amide bonds. The van der Waals surface area contributed by atoms with Crippen LogP contribution in [0.4, 0.5) is 4.39 Å². The SMILES string of the molecule is NC1=NC(O)N([C@@H]2O[C@@](CO)(CI)[C@@H](O)[C@@H]2F)C=C1. The van der Waals surface area contributed by atoms with E-state index in [-0.39, 0.29) is 10.3 Å². The van der Waals surface area contributed by atoms with Crippen LogP contribution in [0.5, 0.6) is 0 Å². The summed E-state index contributed by atoms with van der Waals surface area (Å²) in [5, 5.41) is 28.9. The van der Waals surface area contributed by atoms with E-state index in [9.17, 15) is 19.7 Å². The van der Waals surface area contributed by atoms with Crippen molar-refractivity contribution in [2.24, 2.45) is 10.7 Å². The van der Waals surface area contributed by atoms with Crippen molar-refractivity contribution >= 4 is 28.4 Å². The fourth-order valence-corrected chi connectivity index (χ4v) is 2.90. The first-order valence-corrected chi connectivity index (χ1v) is 7.11. The van der Waals surface area contributed by atoms with Gasteiger partial charge in [0.2, 0.25) is 6.35 Å². The largest absolute Gasteiger partial charge is 0.393 e. The number of aliphatic hydroxyl groups is 3. The first kappa shape index (κ1) is 14.9. The standard InChI is InChI=1S/C10H15FIN3O4/c11-6-7(17)10(3-12,4-16)19-8(6)15-2-1-5(13)14-9(15)18/h1-2,6-9,16-18H,3-4H2,(H2,13,14)/t6-,7-,8+,9?,10+/m0/s1. The Kier molecular flexibility index (Phi) is 4.30. The predicted molar refractivity (Wildman–Crippen MR) is 73.1 cm³/mol. The molecular formula is C10H15FIN3O4. The van der Waals surface area contributed by atoms with Gasteiger partial charge in [-0.3, -0.25) is 0 Å². The maximum absolute atomic E-state index is 14.1. The minimum Gasteiger partial charge on any atom is -0.393 e. The van der Waals surface area contributed by atoms with Crippen LogP contribution in [0.3, 0.4) is 0 Å². The molecule has 108 valence electrons. The zero-order chi connectivity index (χ0) is 14.2. The summed E-state index contributed by atoms with van der Waals surface area (Å²) in [6.45, 7) is -0.521. The molecule has 5 N–H and O–H groups in total. The quantitative estimate of drug-likeness (QED) is 0.353. The van der Waals surface area contributed by atoms with E-state index in [4.69, 9.17) is 10.5 Å². The summed E-state index contributed by atoms with van der Waals surface area (Å²) < 4.78 is 19.8. The van der Waals surface area contributed by atoms with Crippen LogP contribution in [0.2, 0.25) is 0 Å². The van der Waals surface area contributed by atoms with Crippen LogP contribution in [0.1, 0.15) is 0 Å². The van der Waals surface area contributed by atoms with Gasteiger partial charge in [-0.25, -0.2) is 9.38 Å². The number of ether oxygens (including phenoxy) is 1. The fraction of sp³-hybridized carbons (Fsp3) is 0.700. The molecule has 2 rings (SSSR count). The number of alkyl halides is 2. The van der Waals surface area contributed by atoms with Gasteiger partial charge in [0.1, 0.15) is 17.5 Å². The number of amidine groups is 1. The average molecular weight is 387 g/mol. The second kappa shape index (κ2) is 5.48. The Balaban J connectivity index is 2.21. The average Bonchev–Trinajstić information content (AvgIpc) is 2.64. The molecule has 1 fully saturated rings. The molecule has 0 bridgehead atoms. The lowest BCUT2D eigenvalue weighted by molar-refractivity contribution is -0.153. The van der Waals surface area contributed by atoms with E-state index in [1.807, 2.05) is 22.6 Å². The molecule has 0 aromatic rings. The smallest absolute Gasteiger partial charge is 0.229 e. The summed E-state index contributed by atoms with van der Waals surface area (Å²) in [7, 11) is 0. The Morgan fingerprint density at radius 2 is 2.26 bits per heavy atom. The summed E-state index contributed by atoms with van der Waals surface area (Å²) in [5.74, 6) is 0.111. The molecule has 19 heavy (non-hydrogen) atoms. The van der Waals surface area contributed by atoms with Crippen molar-refractivity contribution in [3.63, 3.8) is 0 Å². The Hall–Kier alpha value is -0.490. The molecule has 0 radical (unpaired) electrons. The molecular weight excluding hydrogens is 372 g/mol. The Morgan fingerprint density at radius 1 is 1.58 bits per heavy atom. The number of nitrogens with zero attached hydrogens (tertiary/aromatic N) is 2. The summed E-state index contributed by atoms with van der Waals surface area (Å²) >= 11 is 1.90. The molecule has 0 spiro atoms. The third-order valence-electron chi connectivity index (χ3n) is 3.20. The van der Waals surface area contributed by atoms with Gasteiger partial charge in [0, 0.05) is 10.6 Å². The summed E-state index contributed by atoms with van der Waals surface area (Å²) in [4.78, 5) is 4.77. The number of hydrogen-bond acceptors (Lipinski definition) is 7. The van der Waals surface area contributed by atoms with Crippen molar-refractivity contribution in [3.05, 3.63) is 12.3 Å². The van der Waals surface area contributed by atoms with Crippen molar-refractivity contribution in [2.75, 3.05) is 11.0 Å². The van der Waals surface area contributed by atoms with Crippen LogP contribution in [-0.2, 0) is 4.74 Å². The van der Waals surface area contributed by atoms with Gasteiger partial charge >= 0.3 is 0 Å². The van der Waals surface area contributed by atoms with Crippen LogP contribution < -0.4 is 5.73 Å². The highest BCUT2D eigenvalue weighted by Crippen LogP contribution is 2.37. The molecule has 1 saturated heterocycles. The fourth-order valence-electron chi connectivity index (χ4n) is 2.03. The van der Waals surface area contributed by atoms with Gasteiger partial charge in [-0.1, -0.05) is 22.6 Å². The molecule has 0 aliphatic carbocycles. The van der Waals surface area contributed by atoms with Crippen molar-refractivity contribution in [2.45, 2.75) is 30.5 Å². The van der Waals surface area contributed by atoms with E-state index >= 15 is 0 Å². The number of halogens is 2. The minimum atomic E-state index is -1.78. The topological polar surface area (TPSA) is 112 Å². The summed E-state index contributed by atoms with van der Waals surface area (Å²) in [6.07, 6.45) is -3.15. The molecule has 2 heterocycles. The van der Waals surface area contributed by atoms with E-state index < -0.39 is 37.1 Å². The first-order valence-electron chi connectivity index (χ1n) is 5.59. The number of aliphatic hydroxyl groups excluding tert-OH is 3. The second-order valence-electron chi connectivity index (χ2n) is 4.42.